The minimum atomic E-state index is 0.514. The second-order valence-corrected chi connectivity index (χ2v) is 4.19. The number of piperidine rings is 1. The summed E-state index contributed by atoms with van der Waals surface area (Å²) >= 11 is 6.10. The summed E-state index contributed by atoms with van der Waals surface area (Å²) in [5, 5.41) is 0.786. The van der Waals surface area contributed by atoms with Gasteiger partial charge in [0.2, 0.25) is 0 Å². The van der Waals surface area contributed by atoms with E-state index in [9.17, 15) is 0 Å². The topological polar surface area (TPSA) is 16.1 Å². The average molecular weight is 210 g/mol. The first kappa shape index (κ1) is 9.78. The van der Waals surface area contributed by atoms with E-state index in [2.05, 4.69) is 16.8 Å². The molecule has 0 spiro atoms. The molecule has 1 aliphatic rings. The Balaban J connectivity index is 2.18. The summed E-state index contributed by atoms with van der Waals surface area (Å²) in [6.45, 7) is 6.16. The molecule has 0 amide bonds. The van der Waals surface area contributed by atoms with Gasteiger partial charge in [0.05, 0.1) is 16.9 Å². The van der Waals surface area contributed by atoms with Crippen molar-refractivity contribution in [2.45, 2.75) is 12.8 Å². The van der Waals surface area contributed by atoms with Crippen LogP contribution in [0.3, 0.4) is 0 Å². The van der Waals surface area contributed by atoms with Crippen molar-refractivity contribution in [3.63, 3.8) is 0 Å². The van der Waals surface area contributed by atoms with E-state index in [-0.39, 0.29) is 0 Å². The molecule has 1 fully saturated rings. The van der Waals surface area contributed by atoms with E-state index in [1.807, 2.05) is 12.3 Å². The number of halogens is 1. The van der Waals surface area contributed by atoms with Gasteiger partial charge in [-0.3, -0.25) is 4.98 Å². The number of hydrogen-bond acceptors (Lipinski definition) is 2. The van der Waals surface area contributed by atoms with Crippen LogP contribution in [0.4, 0.5) is 5.69 Å². The first-order valence-electron chi connectivity index (χ1n) is 4.95. The van der Waals surface area contributed by atoms with E-state index >= 15 is 0 Å². The average Bonchev–Trinajstić information content (AvgIpc) is 2.18. The van der Waals surface area contributed by atoms with E-state index in [1.165, 1.54) is 12.8 Å². The quantitative estimate of drug-likeness (QED) is 0.707. The van der Waals surface area contributed by atoms with Crippen molar-refractivity contribution in [3.05, 3.63) is 30.4 Å². The van der Waals surface area contributed by atoms with Gasteiger partial charge in [-0.2, -0.15) is 0 Å². The first-order valence-corrected chi connectivity index (χ1v) is 5.32. The van der Waals surface area contributed by atoms with Crippen LogP contribution in [-0.4, -0.2) is 18.1 Å². The van der Waals surface area contributed by atoms with Crippen molar-refractivity contribution in [2.75, 3.05) is 18.0 Å². The molecule has 1 aliphatic heterocycles. The van der Waals surface area contributed by atoms with E-state index in [4.69, 9.17) is 11.6 Å². The number of aromatic nitrogens is 1. The minimum absolute atomic E-state index is 0.514. The van der Waals surface area contributed by atoms with E-state index < -0.39 is 0 Å². The van der Waals surface area contributed by atoms with Gasteiger partial charge in [0.25, 0.3) is 0 Å². The van der Waals surface area contributed by atoms with Crippen molar-refractivity contribution in [2.24, 2.45) is 5.92 Å². The van der Waals surface area contributed by atoms with Crippen LogP contribution in [0, 0.1) is 12.8 Å². The summed E-state index contributed by atoms with van der Waals surface area (Å²) in [6, 6.07) is 1.84. The molecule has 1 unspecified atom stereocenters. The standard InChI is InChI=1S/C11H14ClN2/c1-9-3-2-6-14(8-9)11-7-13-5-4-10(11)12/h4-5,7,9H,1-3,6,8H2. The van der Waals surface area contributed by atoms with Crippen LogP contribution >= 0.6 is 11.6 Å². The summed E-state index contributed by atoms with van der Waals surface area (Å²) < 4.78 is 0. The van der Waals surface area contributed by atoms with Crippen LogP contribution in [0.15, 0.2) is 18.5 Å². The highest BCUT2D eigenvalue weighted by atomic mass is 35.5. The minimum Gasteiger partial charge on any atom is -0.369 e. The molecule has 0 saturated carbocycles. The van der Waals surface area contributed by atoms with Gasteiger partial charge in [-0.15, -0.1) is 0 Å². The zero-order valence-corrected chi connectivity index (χ0v) is 8.87. The summed E-state index contributed by atoms with van der Waals surface area (Å²) in [5.74, 6) is 0.514. The maximum atomic E-state index is 6.10. The van der Waals surface area contributed by atoms with E-state index in [0.29, 0.717) is 5.92 Å². The molecule has 1 radical (unpaired) electrons. The molecule has 1 saturated heterocycles. The van der Waals surface area contributed by atoms with Gasteiger partial charge in [0, 0.05) is 19.3 Å². The lowest BCUT2D eigenvalue weighted by Gasteiger charge is -2.32. The fourth-order valence-corrected chi connectivity index (χ4v) is 2.11. The normalized spacial score (nSPS) is 22.4. The van der Waals surface area contributed by atoms with Gasteiger partial charge < -0.3 is 4.90 Å². The zero-order chi connectivity index (χ0) is 9.97. The third kappa shape index (κ3) is 2.01. The number of anilines is 1. The molecular weight excluding hydrogens is 196 g/mol. The highest BCUT2D eigenvalue weighted by Gasteiger charge is 2.18. The zero-order valence-electron chi connectivity index (χ0n) is 8.12. The Hall–Kier alpha value is -0.760. The number of pyridine rings is 1. The lowest BCUT2D eigenvalue weighted by atomic mass is 10.00. The summed E-state index contributed by atoms with van der Waals surface area (Å²) in [7, 11) is 0. The van der Waals surface area contributed by atoms with Crippen LogP contribution in [0.25, 0.3) is 0 Å². The predicted molar refractivity (Wildman–Crippen MR) is 59.5 cm³/mol. The van der Waals surface area contributed by atoms with Gasteiger partial charge in [-0.25, -0.2) is 0 Å². The van der Waals surface area contributed by atoms with Crippen molar-refractivity contribution in [1.29, 1.82) is 0 Å². The Labute approximate surface area is 89.9 Å². The summed E-state index contributed by atoms with van der Waals surface area (Å²) in [6.07, 6.45) is 5.96. The van der Waals surface area contributed by atoms with Crippen molar-refractivity contribution in [3.8, 4) is 0 Å². The van der Waals surface area contributed by atoms with Gasteiger partial charge in [-0.1, -0.05) is 11.6 Å². The maximum Gasteiger partial charge on any atom is 0.0742 e. The smallest absolute Gasteiger partial charge is 0.0742 e. The lowest BCUT2D eigenvalue weighted by Crippen LogP contribution is -2.34. The molecule has 1 aromatic heterocycles. The molecule has 1 atom stereocenters. The number of nitrogens with zero attached hydrogens (tertiary/aromatic N) is 2. The second kappa shape index (κ2) is 4.18. The predicted octanol–water partition coefficient (Wildman–Crippen LogP) is 2.79. The molecule has 75 valence electrons. The highest BCUT2D eigenvalue weighted by Crippen LogP contribution is 2.28. The molecule has 2 rings (SSSR count). The maximum absolute atomic E-state index is 6.10. The molecule has 1 aromatic rings. The third-order valence-corrected chi connectivity index (χ3v) is 2.93. The van der Waals surface area contributed by atoms with Gasteiger partial charge in [0.15, 0.2) is 0 Å². The van der Waals surface area contributed by atoms with Gasteiger partial charge in [0.1, 0.15) is 0 Å². The highest BCUT2D eigenvalue weighted by molar-refractivity contribution is 6.33. The molecule has 3 heteroatoms. The van der Waals surface area contributed by atoms with Crippen molar-refractivity contribution >= 4 is 17.3 Å². The summed E-state index contributed by atoms with van der Waals surface area (Å²) in [4.78, 5) is 6.37. The lowest BCUT2D eigenvalue weighted by molar-refractivity contribution is 0.482. The Morgan fingerprint density at radius 2 is 2.43 bits per heavy atom. The largest absolute Gasteiger partial charge is 0.369 e. The monoisotopic (exact) mass is 209 g/mol. The SMILES string of the molecule is [CH2]C1CCCN(c2cnccc2Cl)C1. The molecule has 2 heterocycles. The summed E-state index contributed by atoms with van der Waals surface area (Å²) in [5.41, 5.74) is 1.04. The van der Waals surface area contributed by atoms with Crippen LogP contribution < -0.4 is 4.90 Å². The second-order valence-electron chi connectivity index (χ2n) is 3.78. The molecule has 2 nitrogen and oxygen atoms in total. The van der Waals surface area contributed by atoms with Gasteiger partial charge >= 0.3 is 0 Å². The Morgan fingerprint density at radius 3 is 3.14 bits per heavy atom. The number of rotatable bonds is 1. The molecule has 0 aromatic carbocycles. The third-order valence-electron chi connectivity index (χ3n) is 2.61. The van der Waals surface area contributed by atoms with Crippen LogP contribution in [-0.2, 0) is 0 Å². The fraction of sp³-hybridized carbons (Fsp3) is 0.455. The van der Waals surface area contributed by atoms with Crippen LogP contribution in [0.2, 0.25) is 5.02 Å². The van der Waals surface area contributed by atoms with Gasteiger partial charge in [-0.05, 0) is 31.7 Å². The molecule has 0 N–H and O–H groups in total. The van der Waals surface area contributed by atoms with Crippen LogP contribution in [0.5, 0.6) is 0 Å². The van der Waals surface area contributed by atoms with E-state index in [1.54, 1.807) is 6.20 Å². The Morgan fingerprint density at radius 1 is 1.57 bits per heavy atom. The molecular formula is C11H14ClN2. The van der Waals surface area contributed by atoms with E-state index in [0.717, 1.165) is 23.8 Å². The Bertz CT molecular complexity index is 314. The molecule has 0 aliphatic carbocycles. The molecule has 0 bridgehead atoms. The first-order chi connectivity index (χ1) is 6.77. The van der Waals surface area contributed by atoms with Crippen LogP contribution in [0.1, 0.15) is 12.8 Å². The Kier molecular flexibility index (Phi) is 2.92. The van der Waals surface area contributed by atoms with Crippen molar-refractivity contribution in [1.82, 2.24) is 4.98 Å². The number of hydrogen-bond donors (Lipinski definition) is 0. The fourth-order valence-electron chi connectivity index (χ4n) is 1.89. The van der Waals surface area contributed by atoms with Crippen molar-refractivity contribution < 1.29 is 0 Å². The molecule has 14 heavy (non-hydrogen) atoms.